The highest BCUT2D eigenvalue weighted by Gasteiger charge is 2.18. The molecule has 1 aromatic heterocycles. The van der Waals surface area contributed by atoms with Crippen molar-refractivity contribution in [1.29, 1.82) is 0 Å². The Hall–Kier alpha value is -2.04. The normalized spacial score (nSPS) is 9.82. The SMILES string of the molecule is CCOC(=O)c1cnc(C(C)=O)cc1C(C)=O. The molecule has 0 amide bonds. The van der Waals surface area contributed by atoms with Crippen LogP contribution in [-0.4, -0.2) is 29.1 Å². The zero-order chi connectivity index (χ0) is 13.0. The van der Waals surface area contributed by atoms with Gasteiger partial charge >= 0.3 is 5.97 Å². The maximum atomic E-state index is 11.6. The number of aromatic nitrogens is 1. The van der Waals surface area contributed by atoms with E-state index in [-0.39, 0.29) is 35.0 Å². The summed E-state index contributed by atoms with van der Waals surface area (Å²) in [6.07, 6.45) is 1.20. The molecule has 1 aromatic rings. The fourth-order valence-corrected chi connectivity index (χ4v) is 1.31. The van der Waals surface area contributed by atoms with Crippen molar-refractivity contribution in [3.05, 3.63) is 29.1 Å². The number of carbonyl (C=O) groups excluding carboxylic acids is 3. The third-order valence-electron chi connectivity index (χ3n) is 2.14. The summed E-state index contributed by atoms with van der Waals surface area (Å²) in [5.74, 6) is -1.18. The summed E-state index contributed by atoms with van der Waals surface area (Å²) in [7, 11) is 0. The average Bonchev–Trinajstić information content (AvgIpc) is 2.28. The van der Waals surface area contributed by atoms with Crippen molar-refractivity contribution >= 4 is 17.5 Å². The minimum Gasteiger partial charge on any atom is -0.462 e. The van der Waals surface area contributed by atoms with Gasteiger partial charge in [-0.15, -0.1) is 0 Å². The van der Waals surface area contributed by atoms with Crippen LogP contribution in [-0.2, 0) is 4.74 Å². The number of ether oxygens (including phenoxy) is 1. The van der Waals surface area contributed by atoms with Gasteiger partial charge in [0, 0.05) is 18.7 Å². The first-order valence-corrected chi connectivity index (χ1v) is 5.16. The molecule has 90 valence electrons. The molecule has 1 heterocycles. The second-order valence-corrected chi connectivity index (χ2v) is 3.45. The van der Waals surface area contributed by atoms with Crippen LogP contribution in [0.3, 0.4) is 0 Å². The van der Waals surface area contributed by atoms with E-state index in [1.807, 2.05) is 0 Å². The van der Waals surface area contributed by atoms with Gasteiger partial charge in [0.15, 0.2) is 11.6 Å². The fourth-order valence-electron chi connectivity index (χ4n) is 1.31. The van der Waals surface area contributed by atoms with E-state index in [4.69, 9.17) is 4.74 Å². The third kappa shape index (κ3) is 2.96. The van der Waals surface area contributed by atoms with Crippen molar-refractivity contribution in [1.82, 2.24) is 4.98 Å². The van der Waals surface area contributed by atoms with Crippen LogP contribution in [0.25, 0.3) is 0 Å². The number of nitrogens with zero attached hydrogens (tertiary/aromatic N) is 1. The van der Waals surface area contributed by atoms with Gasteiger partial charge in [0.05, 0.1) is 12.2 Å². The second kappa shape index (κ2) is 5.34. The quantitative estimate of drug-likeness (QED) is 0.586. The molecule has 0 spiro atoms. The van der Waals surface area contributed by atoms with Crippen molar-refractivity contribution in [3.8, 4) is 0 Å². The molecule has 5 nitrogen and oxygen atoms in total. The minimum absolute atomic E-state index is 0.0874. The number of hydrogen-bond acceptors (Lipinski definition) is 5. The molecule has 0 atom stereocenters. The predicted molar refractivity (Wildman–Crippen MR) is 60.2 cm³/mol. The van der Waals surface area contributed by atoms with Crippen LogP contribution in [0.15, 0.2) is 12.3 Å². The van der Waals surface area contributed by atoms with E-state index < -0.39 is 5.97 Å². The largest absolute Gasteiger partial charge is 0.462 e. The first-order valence-electron chi connectivity index (χ1n) is 5.16. The highest BCUT2D eigenvalue weighted by atomic mass is 16.5. The lowest BCUT2D eigenvalue weighted by molar-refractivity contribution is 0.0522. The van der Waals surface area contributed by atoms with E-state index in [0.29, 0.717) is 0 Å². The maximum absolute atomic E-state index is 11.6. The van der Waals surface area contributed by atoms with Gasteiger partial charge in [-0.05, 0) is 19.9 Å². The molecule has 0 aromatic carbocycles. The van der Waals surface area contributed by atoms with Gasteiger partial charge in [0.2, 0.25) is 0 Å². The molecule has 0 saturated carbocycles. The van der Waals surface area contributed by atoms with Gasteiger partial charge in [-0.1, -0.05) is 0 Å². The van der Waals surface area contributed by atoms with E-state index in [1.54, 1.807) is 6.92 Å². The van der Waals surface area contributed by atoms with Crippen molar-refractivity contribution in [3.63, 3.8) is 0 Å². The lowest BCUT2D eigenvalue weighted by Crippen LogP contribution is -2.13. The van der Waals surface area contributed by atoms with Crippen molar-refractivity contribution in [2.75, 3.05) is 6.61 Å². The van der Waals surface area contributed by atoms with Crippen molar-refractivity contribution < 1.29 is 19.1 Å². The third-order valence-corrected chi connectivity index (χ3v) is 2.14. The highest BCUT2D eigenvalue weighted by molar-refractivity contribution is 6.06. The number of esters is 1. The van der Waals surface area contributed by atoms with Gasteiger partial charge in [0.1, 0.15) is 5.69 Å². The van der Waals surface area contributed by atoms with Crippen LogP contribution in [0.5, 0.6) is 0 Å². The van der Waals surface area contributed by atoms with Gasteiger partial charge in [-0.25, -0.2) is 4.79 Å². The summed E-state index contributed by atoms with van der Waals surface area (Å²) in [5.41, 5.74) is 0.399. The summed E-state index contributed by atoms with van der Waals surface area (Å²) in [6.45, 7) is 4.55. The zero-order valence-corrected chi connectivity index (χ0v) is 9.94. The van der Waals surface area contributed by atoms with Gasteiger partial charge in [0.25, 0.3) is 0 Å². The zero-order valence-electron chi connectivity index (χ0n) is 9.94. The lowest BCUT2D eigenvalue weighted by atomic mass is 10.0. The molecule has 0 fully saturated rings. The Morgan fingerprint density at radius 2 is 1.82 bits per heavy atom. The monoisotopic (exact) mass is 235 g/mol. The van der Waals surface area contributed by atoms with Gasteiger partial charge in [-0.3, -0.25) is 14.6 Å². The Labute approximate surface area is 98.8 Å². The van der Waals surface area contributed by atoms with E-state index in [2.05, 4.69) is 4.98 Å². The number of pyridine rings is 1. The summed E-state index contributed by atoms with van der Waals surface area (Å²) >= 11 is 0. The van der Waals surface area contributed by atoms with E-state index in [0.717, 1.165) is 0 Å². The molecule has 0 aliphatic carbocycles. The molecular weight excluding hydrogens is 222 g/mol. The molecule has 1 rings (SSSR count). The topological polar surface area (TPSA) is 73.3 Å². The molecule has 0 aliphatic rings. The Bertz CT molecular complexity index is 479. The predicted octanol–water partition coefficient (Wildman–Crippen LogP) is 1.66. The summed E-state index contributed by atoms with van der Waals surface area (Å²) < 4.78 is 4.80. The number of Topliss-reactive ketones (excluding diaryl/α,β-unsaturated/α-hetero) is 2. The van der Waals surface area contributed by atoms with E-state index in [9.17, 15) is 14.4 Å². The fraction of sp³-hybridized carbons (Fsp3) is 0.333. The molecule has 17 heavy (non-hydrogen) atoms. The molecule has 0 saturated heterocycles. The molecule has 0 radical (unpaired) electrons. The first-order chi connectivity index (χ1) is 7.97. The molecule has 0 unspecified atom stereocenters. The summed E-state index contributed by atoms with van der Waals surface area (Å²) in [4.78, 5) is 37.9. The Morgan fingerprint density at radius 3 is 2.29 bits per heavy atom. The van der Waals surface area contributed by atoms with Gasteiger partial charge in [-0.2, -0.15) is 0 Å². The highest BCUT2D eigenvalue weighted by Crippen LogP contribution is 2.12. The maximum Gasteiger partial charge on any atom is 0.340 e. The lowest BCUT2D eigenvalue weighted by Gasteiger charge is -2.06. The van der Waals surface area contributed by atoms with Crippen molar-refractivity contribution in [2.24, 2.45) is 0 Å². The van der Waals surface area contributed by atoms with Crippen molar-refractivity contribution in [2.45, 2.75) is 20.8 Å². The first kappa shape index (κ1) is 13.0. The van der Waals surface area contributed by atoms with E-state index in [1.165, 1.54) is 26.1 Å². The van der Waals surface area contributed by atoms with Crippen LogP contribution in [0.4, 0.5) is 0 Å². The number of ketones is 2. The van der Waals surface area contributed by atoms with Crippen LogP contribution in [0.1, 0.15) is 52.0 Å². The Kier molecular flexibility index (Phi) is 4.09. The summed E-state index contributed by atoms with van der Waals surface area (Å²) in [5, 5.41) is 0. The van der Waals surface area contributed by atoms with Crippen LogP contribution < -0.4 is 0 Å². The standard InChI is InChI=1S/C12H13NO4/c1-4-17-12(16)10-6-13-11(8(3)15)5-9(10)7(2)14/h5-6H,4H2,1-3H3. The number of rotatable bonds is 4. The smallest absolute Gasteiger partial charge is 0.340 e. The Morgan fingerprint density at radius 1 is 1.18 bits per heavy atom. The molecule has 0 aliphatic heterocycles. The molecule has 0 bridgehead atoms. The molecule has 5 heteroatoms. The molecule has 0 N–H and O–H groups in total. The number of hydrogen-bond donors (Lipinski definition) is 0. The van der Waals surface area contributed by atoms with Crippen LogP contribution in [0.2, 0.25) is 0 Å². The van der Waals surface area contributed by atoms with Gasteiger partial charge < -0.3 is 4.74 Å². The average molecular weight is 235 g/mol. The Balaban J connectivity index is 3.27. The summed E-state index contributed by atoms with van der Waals surface area (Å²) in [6, 6.07) is 1.32. The van der Waals surface area contributed by atoms with Crippen LogP contribution in [0, 0.1) is 0 Å². The number of carbonyl (C=O) groups is 3. The molecular formula is C12H13NO4. The second-order valence-electron chi connectivity index (χ2n) is 3.45. The van der Waals surface area contributed by atoms with E-state index >= 15 is 0 Å². The van der Waals surface area contributed by atoms with Crippen LogP contribution >= 0.6 is 0 Å². The minimum atomic E-state index is -0.611.